The third-order valence-electron chi connectivity index (χ3n) is 4.06. The van der Waals surface area contributed by atoms with Gasteiger partial charge in [-0.05, 0) is 31.4 Å². The van der Waals surface area contributed by atoms with Crippen LogP contribution in [0.2, 0.25) is 0 Å². The molecule has 5 nitrogen and oxygen atoms in total. The first-order chi connectivity index (χ1) is 9.56. The molecule has 3 heterocycles. The average molecular weight is 273 g/mol. The summed E-state index contributed by atoms with van der Waals surface area (Å²) in [6, 6.07) is 5.82. The van der Waals surface area contributed by atoms with Crippen molar-refractivity contribution in [2.45, 2.75) is 26.4 Å². The van der Waals surface area contributed by atoms with Gasteiger partial charge in [0.1, 0.15) is 11.3 Å². The highest BCUT2D eigenvalue weighted by Crippen LogP contribution is 2.19. The van der Waals surface area contributed by atoms with Crippen molar-refractivity contribution in [2.24, 2.45) is 5.92 Å². The van der Waals surface area contributed by atoms with Gasteiger partial charge in [-0.2, -0.15) is 0 Å². The SMILES string of the molecule is Cc1cccc2nc(C(=O)N3CCC(O)C(C)C3)cn12. The summed E-state index contributed by atoms with van der Waals surface area (Å²) in [4.78, 5) is 18.7. The molecule has 0 saturated carbocycles. The molecule has 2 unspecified atom stereocenters. The number of pyridine rings is 1. The molecule has 0 radical (unpaired) electrons. The Morgan fingerprint density at radius 1 is 1.45 bits per heavy atom. The van der Waals surface area contributed by atoms with Crippen LogP contribution < -0.4 is 0 Å². The molecular weight excluding hydrogens is 254 g/mol. The number of carbonyl (C=O) groups excluding carboxylic acids is 1. The maximum absolute atomic E-state index is 12.5. The number of carbonyl (C=O) groups is 1. The number of aryl methyl sites for hydroxylation is 1. The van der Waals surface area contributed by atoms with Gasteiger partial charge >= 0.3 is 0 Å². The molecule has 2 atom stereocenters. The van der Waals surface area contributed by atoms with E-state index in [2.05, 4.69) is 4.98 Å². The van der Waals surface area contributed by atoms with Crippen molar-refractivity contribution >= 4 is 11.6 Å². The van der Waals surface area contributed by atoms with E-state index in [1.807, 2.05) is 36.4 Å². The maximum Gasteiger partial charge on any atom is 0.274 e. The van der Waals surface area contributed by atoms with Crippen molar-refractivity contribution in [3.63, 3.8) is 0 Å². The fourth-order valence-electron chi connectivity index (χ4n) is 2.73. The molecule has 1 aliphatic heterocycles. The van der Waals surface area contributed by atoms with Crippen molar-refractivity contribution < 1.29 is 9.90 Å². The van der Waals surface area contributed by atoms with Crippen LogP contribution in [0.5, 0.6) is 0 Å². The highest BCUT2D eigenvalue weighted by Gasteiger charge is 2.28. The lowest BCUT2D eigenvalue weighted by Gasteiger charge is -2.33. The number of piperidine rings is 1. The molecule has 3 rings (SSSR count). The fraction of sp³-hybridized carbons (Fsp3) is 0.467. The highest BCUT2D eigenvalue weighted by atomic mass is 16.3. The largest absolute Gasteiger partial charge is 0.393 e. The monoisotopic (exact) mass is 273 g/mol. The van der Waals surface area contributed by atoms with Crippen molar-refractivity contribution in [1.29, 1.82) is 0 Å². The predicted molar refractivity (Wildman–Crippen MR) is 75.6 cm³/mol. The topological polar surface area (TPSA) is 57.8 Å². The lowest BCUT2D eigenvalue weighted by Crippen LogP contribution is -2.45. The number of likely N-dealkylation sites (tertiary alicyclic amines) is 1. The van der Waals surface area contributed by atoms with E-state index in [4.69, 9.17) is 0 Å². The molecule has 20 heavy (non-hydrogen) atoms. The third kappa shape index (κ3) is 2.18. The lowest BCUT2D eigenvalue weighted by atomic mass is 9.96. The number of rotatable bonds is 1. The molecule has 1 aliphatic rings. The van der Waals surface area contributed by atoms with Gasteiger partial charge in [-0.1, -0.05) is 13.0 Å². The molecule has 1 saturated heterocycles. The summed E-state index contributed by atoms with van der Waals surface area (Å²) in [5.74, 6) is 0.0679. The zero-order valence-corrected chi connectivity index (χ0v) is 11.8. The molecule has 2 aromatic rings. The summed E-state index contributed by atoms with van der Waals surface area (Å²) in [7, 11) is 0. The number of amides is 1. The molecule has 5 heteroatoms. The number of aromatic nitrogens is 2. The van der Waals surface area contributed by atoms with E-state index in [-0.39, 0.29) is 17.9 Å². The van der Waals surface area contributed by atoms with Gasteiger partial charge in [0.2, 0.25) is 0 Å². The first kappa shape index (κ1) is 13.1. The van der Waals surface area contributed by atoms with Gasteiger partial charge in [0.15, 0.2) is 0 Å². The van der Waals surface area contributed by atoms with Gasteiger partial charge in [-0.3, -0.25) is 4.79 Å². The standard InChI is InChI=1S/C15H19N3O2/c1-10-8-17(7-6-13(10)19)15(20)12-9-18-11(2)4-3-5-14(18)16-12/h3-5,9-10,13,19H,6-8H2,1-2H3. The Kier molecular flexibility index (Phi) is 3.22. The Hall–Kier alpha value is -1.88. The van der Waals surface area contributed by atoms with Crippen LogP contribution in [0.4, 0.5) is 0 Å². The van der Waals surface area contributed by atoms with E-state index >= 15 is 0 Å². The van der Waals surface area contributed by atoms with Crippen LogP contribution in [0.15, 0.2) is 24.4 Å². The quantitative estimate of drug-likeness (QED) is 0.856. The zero-order chi connectivity index (χ0) is 14.3. The number of imidazole rings is 1. The number of hydrogen-bond donors (Lipinski definition) is 1. The molecule has 0 bridgehead atoms. The second kappa shape index (κ2) is 4.90. The van der Waals surface area contributed by atoms with Crippen molar-refractivity contribution in [3.05, 3.63) is 35.8 Å². The van der Waals surface area contributed by atoms with Gasteiger partial charge in [-0.25, -0.2) is 4.98 Å². The van der Waals surface area contributed by atoms with Gasteiger partial charge in [0.05, 0.1) is 6.10 Å². The second-order valence-electron chi connectivity index (χ2n) is 5.61. The molecular formula is C15H19N3O2. The molecule has 0 aromatic carbocycles. The van der Waals surface area contributed by atoms with E-state index in [1.165, 1.54) is 0 Å². The summed E-state index contributed by atoms with van der Waals surface area (Å²) < 4.78 is 1.93. The Balaban J connectivity index is 1.87. The van der Waals surface area contributed by atoms with Gasteiger partial charge in [0, 0.05) is 25.0 Å². The summed E-state index contributed by atoms with van der Waals surface area (Å²) in [6.45, 7) is 5.14. The molecule has 1 N–H and O–H groups in total. The fourth-order valence-corrected chi connectivity index (χ4v) is 2.73. The Morgan fingerprint density at radius 2 is 2.25 bits per heavy atom. The van der Waals surface area contributed by atoms with Crippen LogP contribution in [0.3, 0.4) is 0 Å². The first-order valence-electron chi connectivity index (χ1n) is 6.98. The van der Waals surface area contributed by atoms with Gasteiger partial charge < -0.3 is 14.4 Å². The summed E-state index contributed by atoms with van der Waals surface area (Å²) in [6.07, 6.45) is 2.13. The number of aliphatic hydroxyl groups is 1. The molecule has 1 fully saturated rings. The van der Waals surface area contributed by atoms with Crippen LogP contribution >= 0.6 is 0 Å². The van der Waals surface area contributed by atoms with Crippen molar-refractivity contribution in [3.8, 4) is 0 Å². The average Bonchev–Trinajstić information content (AvgIpc) is 2.86. The van der Waals surface area contributed by atoms with Crippen LogP contribution in [-0.2, 0) is 0 Å². The predicted octanol–water partition coefficient (Wildman–Crippen LogP) is 1.49. The van der Waals surface area contributed by atoms with E-state index in [0.717, 1.165) is 11.3 Å². The van der Waals surface area contributed by atoms with Gasteiger partial charge in [-0.15, -0.1) is 0 Å². The minimum atomic E-state index is -0.303. The van der Waals surface area contributed by atoms with E-state index in [0.29, 0.717) is 25.2 Å². The first-order valence-corrected chi connectivity index (χ1v) is 6.98. The minimum Gasteiger partial charge on any atom is -0.393 e. The lowest BCUT2D eigenvalue weighted by molar-refractivity contribution is 0.0294. The van der Waals surface area contributed by atoms with Gasteiger partial charge in [0.25, 0.3) is 5.91 Å². The van der Waals surface area contributed by atoms with E-state index in [9.17, 15) is 9.90 Å². The number of nitrogens with zero attached hydrogens (tertiary/aromatic N) is 3. The summed E-state index contributed by atoms with van der Waals surface area (Å²) in [5.41, 5.74) is 2.32. The van der Waals surface area contributed by atoms with Crippen molar-refractivity contribution in [2.75, 3.05) is 13.1 Å². The Bertz CT molecular complexity index is 650. The molecule has 0 aliphatic carbocycles. The zero-order valence-electron chi connectivity index (χ0n) is 11.8. The third-order valence-corrected chi connectivity index (χ3v) is 4.06. The highest BCUT2D eigenvalue weighted by molar-refractivity contribution is 5.93. The van der Waals surface area contributed by atoms with Crippen LogP contribution in [0.25, 0.3) is 5.65 Å². The maximum atomic E-state index is 12.5. The molecule has 1 amide bonds. The number of hydrogen-bond acceptors (Lipinski definition) is 3. The number of aliphatic hydroxyl groups excluding tert-OH is 1. The normalized spacial score (nSPS) is 23.2. The second-order valence-corrected chi connectivity index (χ2v) is 5.61. The summed E-state index contributed by atoms with van der Waals surface area (Å²) in [5, 5.41) is 9.74. The Labute approximate surface area is 117 Å². The van der Waals surface area contributed by atoms with Crippen molar-refractivity contribution in [1.82, 2.24) is 14.3 Å². The Morgan fingerprint density at radius 3 is 2.95 bits per heavy atom. The smallest absolute Gasteiger partial charge is 0.274 e. The van der Waals surface area contributed by atoms with Crippen LogP contribution in [0, 0.1) is 12.8 Å². The number of fused-ring (bicyclic) bond motifs is 1. The van der Waals surface area contributed by atoms with Crippen LogP contribution in [0.1, 0.15) is 29.5 Å². The van der Waals surface area contributed by atoms with Crippen LogP contribution in [-0.4, -0.2) is 44.5 Å². The minimum absolute atomic E-state index is 0.0492. The molecule has 0 spiro atoms. The molecule has 106 valence electrons. The molecule has 2 aromatic heterocycles. The van der Waals surface area contributed by atoms with E-state index < -0.39 is 0 Å². The summed E-state index contributed by atoms with van der Waals surface area (Å²) >= 11 is 0. The van der Waals surface area contributed by atoms with E-state index in [1.54, 1.807) is 11.1 Å².